The number of ether oxygens (including phenoxy) is 1. The topological polar surface area (TPSA) is 19.0 Å². The van der Waals surface area contributed by atoms with Crippen LogP contribution in [-0.2, 0) is 4.74 Å². The Labute approximate surface area is 108 Å². The van der Waals surface area contributed by atoms with Crippen LogP contribution in [0, 0.1) is 0 Å². The van der Waals surface area contributed by atoms with Crippen molar-refractivity contribution in [3.8, 4) is 0 Å². The molecule has 0 aromatic heterocycles. The molecular formula is C13H31N3O. The van der Waals surface area contributed by atoms with E-state index in [0.717, 1.165) is 19.7 Å². The number of methoxy groups -OCH3 is 1. The van der Waals surface area contributed by atoms with Gasteiger partial charge in [0.05, 0.1) is 6.61 Å². The minimum absolute atomic E-state index is 0.833. The van der Waals surface area contributed by atoms with Gasteiger partial charge in [0.15, 0.2) is 0 Å². The van der Waals surface area contributed by atoms with E-state index in [-0.39, 0.29) is 0 Å². The van der Waals surface area contributed by atoms with Crippen molar-refractivity contribution in [2.45, 2.75) is 13.8 Å². The Morgan fingerprint density at radius 3 is 2.18 bits per heavy atom. The van der Waals surface area contributed by atoms with Crippen LogP contribution < -0.4 is 0 Å². The second-order valence-electron chi connectivity index (χ2n) is 4.44. The van der Waals surface area contributed by atoms with Crippen molar-refractivity contribution in [3.05, 3.63) is 0 Å². The van der Waals surface area contributed by atoms with Crippen LogP contribution in [0.3, 0.4) is 0 Å². The summed E-state index contributed by atoms with van der Waals surface area (Å²) in [7, 11) is 6.12. The lowest BCUT2D eigenvalue weighted by Crippen LogP contribution is -2.46. The van der Waals surface area contributed by atoms with E-state index in [1.165, 1.54) is 32.7 Å². The summed E-state index contributed by atoms with van der Waals surface area (Å²) in [5, 5.41) is 0. The molecule has 1 heterocycles. The molecule has 1 saturated heterocycles. The Hall–Kier alpha value is -0.160. The average Bonchev–Trinajstić information content (AvgIpc) is 2.38. The molecule has 0 atom stereocenters. The normalized spacial score (nSPS) is 18.0. The Bertz CT molecular complexity index is 159. The molecule has 0 saturated carbocycles. The number of rotatable bonds is 6. The van der Waals surface area contributed by atoms with Crippen LogP contribution in [0.5, 0.6) is 0 Å². The first-order valence-corrected chi connectivity index (χ1v) is 6.80. The second-order valence-corrected chi connectivity index (χ2v) is 4.44. The number of nitrogens with zero attached hydrogens (tertiary/aromatic N) is 3. The summed E-state index contributed by atoms with van der Waals surface area (Å²) in [6, 6.07) is 0. The van der Waals surface area contributed by atoms with E-state index >= 15 is 0 Å². The van der Waals surface area contributed by atoms with E-state index in [4.69, 9.17) is 4.74 Å². The predicted octanol–water partition coefficient (Wildman–Crippen LogP) is 0.838. The third-order valence-corrected chi connectivity index (χ3v) is 3.07. The highest BCUT2D eigenvalue weighted by molar-refractivity contribution is 4.70. The summed E-state index contributed by atoms with van der Waals surface area (Å²) in [5.41, 5.74) is 0. The van der Waals surface area contributed by atoms with Crippen molar-refractivity contribution in [1.29, 1.82) is 0 Å². The second kappa shape index (κ2) is 11.0. The first kappa shape index (κ1) is 16.8. The van der Waals surface area contributed by atoms with Crippen LogP contribution in [0.2, 0.25) is 0 Å². The molecule has 0 aromatic carbocycles. The molecule has 0 aromatic rings. The molecule has 0 unspecified atom stereocenters. The lowest BCUT2D eigenvalue weighted by atomic mass is 10.3. The number of likely N-dealkylation sites (N-methyl/N-ethyl adjacent to an activating group) is 2. The van der Waals surface area contributed by atoms with Gasteiger partial charge in [0.25, 0.3) is 0 Å². The first-order valence-electron chi connectivity index (χ1n) is 6.80. The van der Waals surface area contributed by atoms with Crippen LogP contribution in [0.25, 0.3) is 0 Å². The fourth-order valence-corrected chi connectivity index (χ4v) is 1.74. The molecule has 0 amide bonds. The molecule has 4 heteroatoms. The lowest BCUT2D eigenvalue weighted by molar-refractivity contribution is 0.125. The van der Waals surface area contributed by atoms with E-state index in [0.29, 0.717) is 0 Å². The van der Waals surface area contributed by atoms with Gasteiger partial charge in [-0.1, -0.05) is 13.8 Å². The Kier molecular flexibility index (Phi) is 10.9. The minimum Gasteiger partial charge on any atom is -0.383 e. The number of hydrogen-bond donors (Lipinski definition) is 0. The van der Waals surface area contributed by atoms with Gasteiger partial charge < -0.3 is 14.5 Å². The molecule has 1 fully saturated rings. The molecule has 0 spiro atoms. The van der Waals surface area contributed by atoms with Gasteiger partial charge in [0, 0.05) is 52.9 Å². The molecule has 1 aliphatic rings. The van der Waals surface area contributed by atoms with E-state index < -0.39 is 0 Å². The maximum Gasteiger partial charge on any atom is 0.0589 e. The van der Waals surface area contributed by atoms with Gasteiger partial charge in [0.1, 0.15) is 0 Å². The van der Waals surface area contributed by atoms with Crippen LogP contribution in [0.15, 0.2) is 0 Å². The Morgan fingerprint density at radius 2 is 1.65 bits per heavy atom. The van der Waals surface area contributed by atoms with E-state index in [1.807, 2.05) is 13.8 Å². The van der Waals surface area contributed by atoms with Crippen molar-refractivity contribution in [2.24, 2.45) is 0 Å². The maximum atomic E-state index is 5.06. The zero-order valence-corrected chi connectivity index (χ0v) is 12.4. The van der Waals surface area contributed by atoms with Gasteiger partial charge in [-0.3, -0.25) is 4.90 Å². The number of piperazine rings is 1. The highest BCUT2D eigenvalue weighted by atomic mass is 16.5. The molecule has 0 bridgehead atoms. The zero-order valence-electron chi connectivity index (χ0n) is 12.4. The summed E-state index contributed by atoms with van der Waals surface area (Å²) in [6.07, 6.45) is 0. The van der Waals surface area contributed by atoms with Crippen molar-refractivity contribution >= 4 is 0 Å². The SMILES string of the molecule is CC.COCCN(C)CCN1CCN(C)CC1. The van der Waals surface area contributed by atoms with Gasteiger partial charge in [-0.25, -0.2) is 0 Å². The van der Waals surface area contributed by atoms with Crippen molar-refractivity contribution in [3.63, 3.8) is 0 Å². The van der Waals surface area contributed by atoms with Crippen LogP contribution in [0.4, 0.5) is 0 Å². The molecule has 0 radical (unpaired) electrons. The highest BCUT2D eigenvalue weighted by Crippen LogP contribution is 1.98. The van der Waals surface area contributed by atoms with Gasteiger partial charge in [-0.2, -0.15) is 0 Å². The van der Waals surface area contributed by atoms with Gasteiger partial charge >= 0.3 is 0 Å². The summed E-state index contributed by atoms with van der Waals surface area (Å²) in [4.78, 5) is 7.27. The summed E-state index contributed by atoms with van der Waals surface area (Å²) < 4.78 is 5.06. The van der Waals surface area contributed by atoms with E-state index in [2.05, 4.69) is 28.8 Å². The molecule has 0 aliphatic carbocycles. The quantitative estimate of drug-likeness (QED) is 0.690. The first-order chi connectivity index (χ1) is 8.22. The summed E-state index contributed by atoms with van der Waals surface area (Å²) in [5.74, 6) is 0. The van der Waals surface area contributed by atoms with Gasteiger partial charge in [-0.05, 0) is 14.1 Å². The monoisotopic (exact) mass is 245 g/mol. The fraction of sp³-hybridized carbons (Fsp3) is 1.00. The number of hydrogen-bond acceptors (Lipinski definition) is 4. The summed E-state index contributed by atoms with van der Waals surface area (Å²) >= 11 is 0. The van der Waals surface area contributed by atoms with E-state index in [1.54, 1.807) is 7.11 Å². The zero-order chi connectivity index (χ0) is 13.1. The van der Waals surface area contributed by atoms with E-state index in [9.17, 15) is 0 Å². The lowest BCUT2D eigenvalue weighted by Gasteiger charge is -2.33. The predicted molar refractivity (Wildman–Crippen MR) is 74.7 cm³/mol. The minimum atomic E-state index is 0.833. The van der Waals surface area contributed by atoms with Gasteiger partial charge in [0.2, 0.25) is 0 Å². The molecular weight excluding hydrogens is 214 g/mol. The molecule has 104 valence electrons. The molecule has 1 rings (SSSR count). The van der Waals surface area contributed by atoms with Crippen molar-refractivity contribution in [1.82, 2.24) is 14.7 Å². The Balaban J connectivity index is 0.00000121. The van der Waals surface area contributed by atoms with Crippen LogP contribution >= 0.6 is 0 Å². The van der Waals surface area contributed by atoms with Gasteiger partial charge in [-0.15, -0.1) is 0 Å². The molecule has 1 aliphatic heterocycles. The molecule has 17 heavy (non-hydrogen) atoms. The highest BCUT2D eigenvalue weighted by Gasteiger charge is 2.13. The van der Waals surface area contributed by atoms with Crippen LogP contribution in [-0.4, -0.2) is 88.3 Å². The smallest absolute Gasteiger partial charge is 0.0589 e. The third-order valence-electron chi connectivity index (χ3n) is 3.07. The van der Waals surface area contributed by atoms with Crippen molar-refractivity contribution < 1.29 is 4.74 Å². The largest absolute Gasteiger partial charge is 0.383 e. The molecule has 0 N–H and O–H groups in total. The summed E-state index contributed by atoms with van der Waals surface area (Å²) in [6.45, 7) is 13.1. The molecule has 4 nitrogen and oxygen atoms in total. The standard InChI is InChI=1S/C11H25N3O.C2H6/c1-12-4-7-14(8-5-12)9-6-13(2)10-11-15-3;1-2/h4-11H2,1-3H3;1-2H3. The average molecular weight is 245 g/mol. The van der Waals surface area contributed by atoms with Crippen molar-refractivity contribution in [2.75, 3.05) is 73.6 Å². The van der Waals surface area contributed by atoms with Crippen LogP contribution in [0.1, 0.15) is 13.8 Å². The Morgan fingerprint density at radius 1 is 1.06 bits per heavy atom. The maximum absolute atomic E-state index is 5.06. The third kappa shape index (κ3) is 8.55. The fourth-order valence-electron chi connectivity index (χ4n) is 1.74.